The van der Waals surface area contributed by atoms with Crippen LogP contribution in [-0.2, 0) is 0 Å². The second kappa shape index (κ2) is 6.85. The monoisotopic (exact) mass is 368 g/mol. The van der Waals surface area contributed by atoms with Gasteiger partial charge in [-0.2, -0.15) is 0 Å². The lowest BCUT2D eigenvalue weighted by atomic mass is 10.2. The van der Waals surface area contributed by atoms with Crippen molar-refractivity contribution in [2.24, 2.45) is 0 Å². The fraction of sp³-hybridized carbons (Fsp3) is 0.400. The number of rotatable bonds is 3. The summed E-state index contributed by atoms with van der Waals surface area (Å²) in [5.41, 5.74) is 3.26. The van der Waals surface area contributed by atoms with Crippen LogP contribution in [0.5, 0.6) is 0 Å². The first-order valence-electron chi connectivity index (χ1n) is 9.14. The molecule has 1 fully saturated rings. The molecule has 0 bridgehead atoms. The third kappa shape index (κ3) is 2.83. The molecule has 1 saturated heterocycles. The summed E-state index contributed by atoms with van der Waals surface area (Å²) in [5.74, 6) is 0.131. The Balaban J connectivity index is 1.80. The van der Waals surface area contributed by atoms with E-state index >= 15 is 0 Å². The van der Waals surface area contributed by atoms with Crippen LogP contribution in [0.2, 0.25) is 0 Å². The van der Waals surface area contributed by atoms with Gasteiger partial charge in [-0.1, -0.05) is 6.92 Å². The highest BCUT2D eigenvalue weighted by Crippen LogP contribution is 2.35. The predicted molar refractivity (Wildman–Crippen MR) is 106 cm³/mol. The van der Waals surface area contributed by atoms with Gasteiger partial charge in [0, 0.05) is 49.1 Å². The molecule has 4 heterocycles. The number of fused-ring (bicyclic) bond motifs is 1. The van der Waals surface area contributed by atoms with Crippen molar-refractivity contribution in [2.45, 2.75) is 20.8 Å². The fourth-order valence-electron chi connectivity index (χ4n) is 3.72. The molecule has 0 unspecified atom stereocenters. The van der Waals surface area contributed by atoms with Crippen molar-refractivity contribution in [3.63, 3.8) is 0 Å². The van der Waals surface area contributed by atoms with Gasteiger partial charge in [0.25, 0.3) is 5.91 Å². The summed E-state index contributed by atoms with van der Waals surface area (Å²) in [7, 11) is 0. The Hall–Kier alpha value is -2.18. The number of likely N-dealkylation sites (N-methyl/N-ethyl adjacent to an activating group) is 1. The first-order chi connectivity index (χ1) is 12.6. The Morgan fingerprint density at radius 1 is 1.12 bits per heavy atom. The predicted octanol–water partition coefficient (Wildman–Crippen LogP) is 3.48. The molecule has 0 atom stereocenters. The van der Waals surface area contributed by atoms with E-state index in [1.165, 1.54) is 11.3 Å². The van der Waals surface area contributed by atoms with Crippen molar-refractivity contribution in [3.05, 3.63) is 46.7 Å². The Labute approximate surface area is 157 Å². The van der Waals surface area contributed by atoms with Crippen LogP contribution in [0.25, 0.3) is 15.9 Å². The number of carbonyl (C=O) groups is 1. The van der Waals surface area contributed by atoms with E-state index in [1.54, 1.807) is 6.20 Å². The smallest absolute Gasteiger partial charge is 0.266 e. The van der Waals surface area contributed by atoms with Gasteiger partial charge >= 0.3 is 0 Å². The average molecular weight is 369 g/mol. The zero-order valence-electron chi connectivity index (χ0n) is 15.5. The molecule has 3 aromatic heterocycles. The van der Waals surface area contributed by atoms with Gasteiger partial charge in [0.05, 0.1) is 5.69 Å². The van der Waals surface area contributed by atoms with Crippen molar-refractivity contribution < 1.29 is 4.79 Å². The van der Waals surface area contributed by atoms with Crippen LogP contribution in [0.1, 0.15) is 28.0 Å². The number of piperazine rings is 1. The lowest BCUT2D eigenvalue weighted by Crippen LogP contribution is -2.48. The molecule has 0 aliphatic carbocycles. The van der Waals surface area contributed by atoms with Crippen molar-refractivity contribution in [2.75, 3.05) is 32.7 Å². The van der Waals surface area contributed by atoms with Crippen LogP contribution in [0.15, 0.2) is 30.5 Å². The lowest BCUT2D eigenvalue weighted by Gasteiger charge is -2.34. The molecule has 26 heavy (non-hydrogen) atoms. The van der Waals surface area contributed by atoms with E-state index in [1.807, 2.05) is 11.0 Å². The zero-order valence-corrected chi connectivity index (χ0v) is 16.3. The highest BCUT2D eigenvalue weighted by Gasteiger charge is 2.28. The van der Waals surface area contributed by atoms with Crippen LogP contribution < -0.4 is 0 Å². The van der Waals surface area contributed by atoms with E-state index in [2.05, 4.69) is 53.4 Å². The topological polar surface area (TPSA) is 41.4 Å². The van der Waals surface area contributed by atoms with E-state index in [9.17, 15) is 4.79 Å². The Morgan fingerprint density at radius 3 is 2.46 bits per heavy atom. The van der Waals surface area contributed by atoms with Crippen molar-refractivity contribution in [1.82, 2.24) is 19.4 Å². The standard InChI is InChI=1S/C20H24N4OS/c1-4-22-10-12-23(13-11-22)20(25)18-17(24-14(2)7-8-15(24)3)16-6-5-9-21-19(16)26-18/h5-9H,4,10-13H2,1-3H3. The highest BCUT2D eigenvalue weighted by atomic mass is 32.1. The van der Waals surface area contributed by atoms with Gasteiger partial charge in [0.2, 0.25) is 0 Å². The Morgan fingerprint density at radius 2 is 1.81 bits per heavy atom. The number of carbonyl (C=O) groups excluding carboxylic acids is 1. The Bertz CT molecular complexity index is 931. The maximum Gasteiger partial charge on any atom is 0.266 e. The molecule has 136 valence electrons. The summed E-state index contributed by atoms with van der Waals surface area (Å²) in [6.07, 6.45) is 1.80. The molecule has 1 aliphatic heterocycles. The molecule has 0 aromatic carbocycles. The van der Waals surface area contributed by atoms with Crippen LogP contribution in [-0.4, -0.2) is 58.0 Å². The minimum atomic E-state index is 0.131. The van der Waals surface area contributed by atoms with E-state index in [-0.39, 0.29) is 5.91 Å². The number of nitrogens with zero attached hydrogens (tertiary/aromatic N) is 4. The van der Waals surface area contributed by atoms with Crippen molar-refractivity contribution in [3.8, 4) is 5.69 Å². The third-order valence-corrected chi connectivity index (χ3v) is 6.33. The van der Waals surface area contributed by atoms with Gasteiger partial charge in [0.1, 0.15) is 9.71 Å². The first kappa shape index (κ1) is 17.2. The maximum atomic E-state index is 13.4. The Kier molecular flexibility index (Phi) is 4.54. The minimum absolute atomic E-state index is 0.131. The van der Waals surface area contributed by atoms with Gasteiger partial charge in [0.15, 0.2) is 0 Å². The van der Waals surface area contributed by atoms with Crippen molar-refractivity contribution >= 4 is 27.5 Å². The second-order valence-corrected chi connectivity index (χ2v) is 7.81. The molecule has 3 aromatic rings. The van der Waals surface area contributed by atoms with Gasteiger partial charge < -0.3 is 14.4 Å². The summed E-state index contributed by atoms with van der Waals surface area (Å²) in [5, 5.41) is 1.05. The van der Waals surface area contributed by atoms with Crippen molar-refractivity contribution in [1.29, 1.82) is 0 Å². The summed E-state index contributed by atoms with van der Waals surface area (Å²) in [6.45, 7) is 10.9. The van der Waals surface area contributed by atoms with Crippen LogP contribution in [0.4, 0.5) is 0 Å². The van der Waals surface area contributed by atoms with Crippen LogP contribution in [0.3, 0.4) is 0 Å². The summed E-state index contributed by atoms with van der Waals surface area (Å²) < 4.78 is 2.19. The van der Waals surface area contributed by atoms with E-state index in [0.29, 0.717) is 0 Å². The zero-order chi connectivity index (χ0) is 18.3. The molecule has 1 amide bonds. The van der Waals surface area contributed by atoms with Gasteiger partial charge in [-0.05, 0) is 44.7 Å². The van der Waals surface area contributed by atoms with Crippen LogP contribution in [0, 0.1) is 13.8 Å². The molecule has 6 heteroatoms. The summed E-state index contributed by atoms with van der Waals surface area (Å²) in [4.78, 5) is 24.0. The third-order valence-electron chi connectivity index (χ3n) is 5.24. The SMILES string of the molecule is CCN1CCN(C(=O)c2sc3ncccc3c2-n2c(C)ccc2C)CC1. The number of amides is 1. The molecule has 4 rings (SSSR count). The maximum absolute atomic E-state index is 13.4. The molecule has 0 saturated carbocycles. The van der Waals surface area contributed by atoms with E-state index < -0.39 is 0 Å². The number of pyridine rings is 1. The number of aromatic nitrogens is 2. The summed E-state index contributed by atoms with van der Waals surface area (Å²) in [6, 6.07) is 8.22. The van der Waals surface area contributed by atoms with E-state index in [0.717, 1.165) is 64.9 Å². The minimum Gasteiger partial charge on any atom is -0.335 e. The lowest BCUT2D eigenvalue weighted by molar-refractivity contribution is 0.0648. The highest BCUT2D eigenvalue weighted by molar-refractivity contribution is 7.21. The first-order valence-corrected chi connectivity index (χ1v) is 9.96. The normalized spacial score (nSPS) is 15.7. The molecular formula is C20H24N4OS. The number of hydrogen-bond donors (Lipinski definition) is 0. The quantitative estimate of drug-likeness (QED) is 0.711. The van der Waals surface area contributed by atoms with Gasteiger partial charge in [-0.15, -0.1) is 11.3 Å². The van der Waals surface area contributed by atoms with Gasteiger partial charge in [-0.25, -0.2) is 4.98 Å². The number of hydrogen-bond acceptors (Lipinski definition) is 4. The average Bonchev–Trinajstić information content (AvgIpc) is 3.20. The number of thiophene rings is 1. The number of aryl methyl sites for hydroxylation is 2. The molecule has 0 N–H and O–H groups in total. The largest absolute Gasteiger partial charge is 0.335 e. The fourth-order valence-corrected chi connectivity index (χ4v) is 4.81. The second-order valence-electron chi connectivity index (χ2n) is 6.81. The summed E-state index contributed by atoms with van der Waals surface area (Å²) >= 11 is 1.51. The molecule has 0 radical (unpaired) electrons. The van der Waals surface area contributed by atoms with E-state index in [4.69, 9.17) is 0 Å². The molecule has 0 spiro atoms. The van der Waals surface area contributed by atoms with Gasteiger partial charge in [-0.3, -0.25) is 4.79 Å². The molecular weight excluding hydrogens is 344 g/mol. The van der Waals surface area contributed by atoms with Crippen LogP contribution >= 0.6 is 11.3 Å². The molecule has 1 aliphatic rings. The molecule has 5 nitrogen and oxygen atoms in total.